The minimum Gasteiger partial charge on any atom is -0.480 e. The van der Waals surface area contributed by atoms with Gasteiger partial charge in [0.25, 0.3) is 5.91 Å². The van der Waals surface area contributed by atoms with Crippen LogP contribution in [0.25, 0.3) is 5.69 Å². The van der Waals surface area contributed by atoms with E-state index in [4.69, 9.17) is 11.6 Å². The van der Waals surface area contributed by atoms with Crippen molar-refractivity contribution < 1.29 is 14.7 Å². The van der Waals surface area contributed by atoms with Gasteiger partial charge in [0.1, 0.15) is 5.54 Å². The number of rotatable bonds is 4. The first kappa shape index (κ1) is 15.6. The second kappa shape index (κ2) is 5.70. The molecule has 2 N–H and O–H groups in total. The molecular formula is C16H16ClN3O3. The van der Waals surface area contributed by atoms with Gasteiger partial charge in [-0.15, -0.1) is 0 Å². The first-order valence-corrected chi connectivity index (χ1v) is 7.68. The van der Waals surface area contributed by atoms with E-state index in [2.05, 4.69) is 10.4 Å². The number of para-hydroxylation sites is 1. The Hall–Kier alpha value is -2.34. The van der Waals surface area contributed by atoms with Crippen LogP contribution in [0.4, 0.5) is 0 Å². The molecule has 120 valence electrons. The number of carboxylic acids is 1. The van der Waals surface area contributed by atoms with Crippen molar-refractivity contribution in [1.82, 2.24) is 15.1 Å². The van der Waals surface area contributed by atoms with Gasteiger partial charge in [-0.05, 0) is 38.3 Å². The number of carbonyl (C=O) groups is 2. The number of nitrogens with zero attached hydrogens (tertiary/aromatic N) is 2. The van der Waals surface area contributed by atoms with Crippen LogP contribution in [0.3, 0.4) is 0 Å². The van der Waals surface area contributed by atoms with E-state index in [1.165, 1.54) is 4.68 Å². The number of hydrogen-bond acceptors (Lipinski definition) is 3. The highest BCUT2D eigenvalue weighted by Crippen LogP contribution is 2.32. The third kappa shape index (κ3) is 2.70. The molecule has 1 fully saturated rings. The van der Waals surface area contributed by atoms with Crippen LogP contribution in [0.15, 0.2) is 30.5 Å². The Morgan fingerprint density at radius 2 is 2.04 bits per heavy atom. The van der Waals surface area contributed by atoms with Crippen molar-refractivity contribution in [1.29, 1.82) is 0 Å². The van der Waals surface area contributed by atoms with Gasteiger partial charge in [0.2, 0.25) is 0 Å². The minimum absolute atomic E-state index is 0.206. The van der Waals surface area contributed by atoms with Gasteiger partial charge < -0.3 is 10.4 Å². The predicted molar refractivity (Wildman–Crippen MR) is 85.0 cm³/mol. The van der Waals surface area contributed by atoms with Crippen molar-refractivity contribution in [2.45, 2.75) is 31.7 Å². The molecule has 6 nitrogen and oxygen atoms in total. The number of aliphatic carboxylic acids is 1. The van der Waals surface area contributed by atoms with Crippen LogP contribution in [0, 0.1) is 6.92 Å². The molecule has 0 radical (unpaired) electrons. The molecule has 1 aliphatic rings. The fourth-order valence-electron chi connectivity index (χ4n) is 2.64. The van der Waals surface area contributed by atoms with Crippen molar-refractivity contribution in [3.05, 3.63) is 46.7 Å². The van der Waals surface area contributed by atoms with Crippen LogP contribution in [0.1, 0.15) is 35.3 Å². The van der Waals surface area contributed by atoms with E-state index in [1.54, 1.807) is 25.3 Å². The molecule has 2 aromatic rings. The summed E-state index contributed by atoms with van der Waals surface area (Å²) in [6, 6.07) is 7.16. The van der Waals surface area contributed by atoms with Gasteiger partial charge in [0, 0.05) is 11.8 Å². The monoisotopic (exact) mass is 333 g/mol. The van der Waals surface area contributed by atoms with E-state index in [-0.39, 0.29) is 5.69 Å². The van der Waals surface area contributed by atoms with E-state index in [0.717, 1.165) is 6.42 Å². The summed E-state index contributed by atoms with van der Waals surface area (Å²) in [4.78, 5) is 23.8. The summed E-state index contributed by atoms with van der Waals surface area (Å²) in [7, 11) is 0. The van der Waals surface area contributed by atoms with Crippen LogP contribution < -0.4 is 5.32 Å². The number of aryl methyl sites for hydroxylation is 1. The highest BCUT2D eigenvalue weighted by atomic mass is 35.5. The number of nitrogens with one attached hydrogen (secondary N) is 1. The molecule has 0 aliphatic heterocycles. The number of aromatic nitrogens is 2. The minimum atomic E-state index is -1.16. The predicted octanol–water partition coefficient (Wildman–Crippen LogP) is 2.57. The van der Waals surface area contributed by atoms with Crippen molar-refractivity contribution >= 4 is 23.5 Å². The first-order chi connectivity index (χ1) is 10.9. The lowest BCUT2D eigenvalue weighted by Gasteiger charge is -2.38. The Kier molecular flexibility index (Phi) is 3.85. The summed E-state index contributed by atoms with van der Waals surface area (Å²) in [6.07, 6.45) is 3.38. The molecular weight excluding hydrogens is 318 g/mol. The van der Waals surface area contributed by atoms with E-state index in [9.17, 15) is 14.7 Å². The van der Waals surface area contributed by atoms with E-state index < -0.39 is 17.4 Å². The SMILES string of the molecule is Cc1cn(-c2ccccc2Cl)nc1C(=O)NC1(C(=O)O)CCC1. The van der Waals surface area contributed by atoms with Crippen LogP contribution >= 0.6 is 11.6 Å². The lowest BCUT2D eigenvalue weighted by molar-refractivity contribution is -0.148. The smallest absolute Gasteiger partial charge is 0.329 e. The molecule has 7 heteroatoms. The van der Waals surface area contributed by atoms with Crippen LogP contribution in [0.2, 0.25) is 5.02 Å². The summed E-state index contributed by atoms with van der Waals surface area (Å²) < 4.78 is 1.53. The third-order valence-electron chi connectivity index (χ3n) is 4.18. The Morgan fingerprint density at radius 3 is 2.61 bits per heavy atom. The molecule has 0 saturated heterocycles. The second-order valence-corrected chi connectivity index (χ2v) is 6.16. The molecule has 1 saturated carbocycles. The Labute approximate surface area is 138 Å². The van der Waals surface area contributed by atoms with Gasteiger partial charge in [0.15, 0.2) is 5.69 Å². The van der Waals surface area contributed by atoms with Crippen molar-refractivity contribution in [2.24, 2.45) is 0 Å². The average molecular weight is 334 g/mol. The quantitative estimate of drug-likeness (QED) is 0.900. The highest BCUT2D eigenvalue weighted by Gasteiger charge is 2.46. The molecule has 0 spiro atoms. The lowest BCUT2D eigenvalue weighted by atomic mass is 9.76. The number of hydrogen-bond donors (Lipinski definition) is 2. The van der Waals surface area contributed by atoms with E-state index >= 15 is 0 Å². The summed E-state index contributed by atoms with van der Waals surface area (Å²) >= 11 is 6.14. The summed E-state index contributed by atoms with van der Waals surface area (Å²) in [5.74, 6) is -1.48. The largest absolute Gasteiger partial charge is 0.480 e. The average Bonchev–Trinajstić information content (AvgIpc) is 2.84. The van der Waals surface area contributed by atoms with Crippen LogP contribution in [-0.4, -0.2) is 32.3 Å². The molecule has 1 heterocycles. The normalized spacial score (nSPS) is 15.7. The lowest BCUT2D eigenvalue weighted by Crippen LogP contribution is -2.59. The number of halogens is 1. The van der Waals surface area contributed by atoms with Crippen molar-refractivity contribution in [2.75, 3.05) is 0 Å². The molecule has 0 atom stereocenters. The van der Waals surface area contributed by atoms with Crippen LogP contribution in [0.5, 0.6) is 0 Å². The zero-order valence-corrected chi connectivity index (χ0v) is 13.3. The summed E-state index contributed by atoms with van der Waals surface area (Å²) in [5, 5.41) is 16.7. The molecule has 1 aromatic carbocycles. The maximum absolute atomic E-state index is 12.4. The molecule has 0 bridgehead atoms. The number of carboxylic acid groups (broad SMARTS) is 1. The highest BCUT2D eigenvalue weighted by molar-refractivity contribution is 6.32. The maximum atomic E-state index is 12.4. The van der Waals surface area contributed by atoms with Gasteiger partial charge in [0.05, 0.1) is 10.7 Å². The number of carbonyl (C=O) groups excluding carboxylic acids is 1. The number of benzene rings is 1. The number of amides is 1. The standard InChI is InChI=1S/C16H16ClN3O3/c1-10-9-20(12-6-3-2-5-11(12)17)19-13(10)14(21)18-16(15(22)23)7-4-8-16/h2-3,5-6,9H,4,7-8H2,1H3,(H,18,21)(H,22,23). The topological polar surface area (TPSA) is 84.2 Å². The molecule has 3 rings (SSSR count). The fraction of sp³-hybridized carbons (Fsp3) is 0.312. The Morgan fingerprint density at radius 1 is 1.35 bits per heavy atom. The van der Waals surface area contributed by atoms with Gasteiger partial charge in [-0.3, -0.25) is 4.79 Å². The summed E-state index contributed by atoms with van der Waals surface area (Å²) in [5.41, 5.74) is 0.366. The maximum Gasteiger partial charge on any atom is 0.329 e. The van der Waals surface area contributed by atoms with Crippen molar-refractivity contribution in [3.63, 3.8) is 0 Å². The molecule has 1 amide bonds. The van der Waals surface area contributed by atoms with E-state index in [1.807, 2.05) is 12.1 Å². The Bertz CT molecular complexity index is 781. The third-order valence-corrected chi connectivity index (χ3v) is 4.50. The second-order valence-electron chi connectivity index (χ2n) is 5.75. The van der Waals surface area contributed by atoms with Gasteiger partial charge >= 0.3 is 5.97 Å². The summed E-state index contributed by atoms with van der Waals surface area (Å²) in [6.45, 7) is 1.75. The van der Waals surface area contributed by atoms with Crippen LogP contribution in [-0.2, 0) is 4.79 Å². The van der Waals surface area contributed by atoms with Crippen molar-refractivity contribution in [3.8, 4) is 5.69 Å². The molecule has 23 heavy (non-hydrogen) atoms. The zero-order chi connectivity index (χ0) is 16.6. The molecule has 0 unspecified atom stereocenters. The van der Waals surface area contributed by atoms with Gasteiger partial charge in [-0.1, -0.05) is 23.7 Å². The Balaban J connectivity index is 1.88. The van der Waals surface area contributed by atoms with Gasteiger partial charge in [-0.25, -0.2) is 9.48 Å². The zero-order valence-electron chi connectivity index (χ0n) is 12.5. The van der Waals surface area contributed by atoms with Gasteiger partial charge in [-0.2, -0.15) is 5.10 Å². The fourth-order valence-corrected chi connectivity index (χ4v) is 2.87. The molecule has 1 aliphatic carbocycles. The molecule has 1 aromatic heterocycles. The first-order valence-electron chi connectivity index (χ1n) is 7.30. The van der Waals surface area contributed by atoms with E-state index in [0.29, 0.717) is 29.1 Å².